The molecule has 0 fully saturated rings. The molecule has 0 atom stereocenters. The lowest BCUT2D eigenvalue weighted by molar-refractivity contribution is -0.274. The Morgan fingerprint density at radius 1 is 1.14 bits per heavy atom. The fourth-order valence-electron chi connectivity index (χ4n) is 3.24. The number of nitrogens with zero attached hydrogens (tertiary/aromatic N) is 2. The molecule has 0 unspecified atom stereocenters. The molecule has 2 aromatic carbocycles. The second-order valence-corrected chi connectivity index (χ2v) is 7.67. The van der Waals surface area contributed by atoms with Gasteiger partial charge in [0.25, 0.3) is 0 Å². The third kappa shape index (κ3) is 6.14. The zero-order valence-corrected chi connectivity index (χ0v) is 19.1. The monoisotopic (exact) mass is 503 g/mol. The van der Waals surface area contributed by atoms with E-state index >= 15 is 0 Å². The van der Waals surface area contributed by atoms with Crippen molar-refractivity contribution in [3.8, 4) is 23.0 Å². The van der Waals surface area contributed by atoms with Crippen LogP contribution in [0, 0.1) is 6.92 Å². The van der Waals surface area contributed by atoms with E-state index in [9.17, 15) is 22.8 Å². The van der Waals surface area contributed by atoms with Gasteiger partial charge in [-0.1, -0.05) is 18.2 Å². The molecule has 4 aromatic rings. The number of hydrogen-bond donors (Lipinski definition) is 1. The number of rotatable bonds is 8. The molecule has 36 heavy (non-hydrogen) atoms. The number of aromatic amines is 1. The van der Waals surface area contributed by atoms with Gasteiger partial charge in [0.2, 0.25) is 5.89 Å². The third-order valence-electron chi connectivity index (χ3n) is 5.08. The number of H-pyrrole nitrogens is 1. The maximum absolute atomic E-state index is 12.3. The van der Waals surface area contributed by atoms with Crippen LogP contribution in [0.5, 0.6) is 11.5 Å². The van der Waals surface area contributed by atoms with Gasteiger partial charge in [0.15, 0.2) is 0 Å². The van der Waals surface area contributed by atoms with Crippen LogP contribution in [0.1, 0.15) is 23.9 Å². The first kappa shape index (κ1) is 24.6. The van der Waals surface area contributed by atoms with Crippen molar-refractivity contribution in [2.45, 2.75) is 33.4 Å². The van der Waals surface area contributed by atoms with Crippen molar-refractivity contribution in [3.63, 3.8) is 0 Å². The van der Waals surface area contributed by atoms with E-state index in [2.05, 4.69) is 9.72 Å². The molecule has 188 valence electrons. The summed E-state index contributed by atoms with van der Waals surface area (Å²) < 4.78 is 58.1. The number of hydrogen-bond acceptors (Lipinski definition) is 7. The predicted molar refractivity (Wildman–Crippen MR) is 121 cm³/mol. The number of aromatic nitrogens is 3. The van der Waals surface area contributed by atoms with Gasteiger partial charge in [0, 0.05) is 5.56 Å². The summed E-state index contributed by atoms with van der Waals surface area (Å²) in [5.41, 5.74) is 2.04. The number of aryl methyl sites for hydroxylation is 1. The molecule has 0 spiro atoms. The van der Waals surface area contributed by atoms with Crippen molar-refractivity contribution in [3.05, 3.63) is 92.7 Å². The Hall–Kier alpha value is -4.48. The number of oxazole rings is 1. The summed E-state index contributed by atoms with van der Waals surface area (Å²) in [4.78, 5) is 29.0. The molecule has 9 nitrogen and oxygen atoms in total. The fourth-order valence-corrected chi connectivity index (χ4v) is 3.24. The number of halogens is 3. The van der Waals surface area contributed by atoms with E-state index in [4.69, 9.17) is 13.7 Å². The second kappa shape index (κ2) is 10.0. The molecule has 0 radical (unpaired) electrons. The SMILES string of the molecule is C/C(=C\Cn1oc(=O)[nH]c1=O)c1cccc(OCc2nc(-c3ccc(OC(F)(F)F)cc3)oc2C)c1. The van der Waals surface area contributed by atoms with Crippen LogP contribution in [0.3, 0.4) is 0 Å². The van der Waals surface area contributed by atoms with Crippen molar-refractivity contribution in [2.24, 2.45) is 0 Å². The lowest BCUT2D eigenvalue weighted by Crippen LogP contribution is -2.16. The molecule has 0 aliphatic heterocycles. The minimum Gasteiger partial charge on any atom is -0.487 e. The van der Waals surface area contributed by atoms with Gasteiger partial charge in [-0.15, -0.1) is 17.9 Å². The zero-order chi connectivity index (χ0) is 25.9. The van der Waals surface area contributed by atoms with Crippen LogP contribution in [-0.2, 0) is 13.2 Å². The minimum atomic E-state index is -4.77. The summed E-state index contributed by atoms with van der Waals surface area (Å²) >= 11 is 0. The summed E-state index contributed by atoms with van der Waals surface area (Å²) in [5.74, 6) is 0.144. The number of ether oxygens (including phenoxy) is 2. The highest BCUT2D eigenvalue weighted by Crippen LogP contribution is 2.28. The highest BCUT2D eigenvalue weighted by atomic mass is 19.4. The number of nitrogens with one attached hydrogen (secondary N) is 1. The van der Waals surface area contributed by atoms with E-state index in [0.29, 0.717) is 22.8 Å². The zero-order valence-electron chi connectivity index (χ0n) is 19.1. The molecule has 2 heterocycles. The van der Waals surface area contributed by atoms with Crippen LogP contribution >= 0.6 is 0 Å². The quantitative estimate of drug-likeness (QED) is 0.372. The Bertz CT molecular complexity index is 1490. The molecule has 0 aliphatic rings. The fraction of sp³-hybridized carbons (Fsp3) is 0.208. The van der Waals surface area contributed by atoms with Crippen LogP contribution in [0.15, 0.2) is 73.1 Å². The van der Waals surface area contributed by atoms with Crippen molar-refractivity contribution in [1.82, 2.24) is 14.7 Å². The maximum Gasteiger partial charge on any atom is 0.573 e. The lowest BCUT2D eigenvalue weighted by atomic mass is 10.1. The van der Waals surface area contributed by atoms with Crippen LogP contribution < -0.4 is 20.9 Å². The van der Waals surface area contributed by atoms with Gasteiger partial charge in [-0.05, 0) is 61.4 Å². The molecule has 12 heteroatoms. The second-order valence-electron chi connectivity index (χ2n) is 7.67. The molecular weight excluding hydrogens is 483 g/mol. The Kier molecular flexibility index (Phi) is 6.86. The first-order valence-electron chi connectivity index (χ1n) is 10.6. The van der Waals surface area contributed by atoms with Gasteiger partial charge in [0.05, 0.1) is 6.54 Å². The first-order valence-corrected chi connectivity index (χ1v) is 10.6. The van der Waals surface area contributed by atoms with E-state index in [-0.39, 0.29) is 24.8 Å². The molecule has 0 bridgehead atoms. The van der Waals surface area contributed by atoms with Crippen molar-refractivity contribution in [1.29, 1.82) is 0 Å². The largest absolute Gasteiger partial charge is 0.573 e. The van der Waals surface area contributed by atoms with Gasteiger partial charge in [-0.2, -0.15) is 0 Å². The summed E-state index contributed by atoms with van der Waals surface area (Å²) in [6, 6.07) is 12.4. The van der Waals surface area contributed by atoms with Gasteiger partial charge >= 0.3 is 17.8 Å². The molecule has 0 amide bonds. The third-order valence-corrected chi connectivity index (χ3v) is 5.08. The number of alkyl halides is 3. The Morgan fingerprint density at radius 3 is 2.56 bits per heavy atom. The van der Waals surface area contributed by atoms with Crippen LogP contribution in [0.2, 0.25) is 0 Å². The first-order chi connectivity index (χ1) is 17.1. The number of allylic oxidation sites excluding steroid dienone is 2. The average Bonchev–Trinajstić information content (AvgIpc) is 3.36. The molecule has 1 N–H and O–H groups in total. The normalized spacial score (nSPS) is 12.1. The molecular formula is C24H20F3N3O6. The minimum absolute atomic E-state index is 0.0821. The van der Waals surface area contributed by atoms with E-state index in [1.165, 1.54) is 24.3 Å². The van der Waals surface area contributed by atoms with Crippen LogP contribution in [0.4, 0.5) is 13.2 Å². The standard InChI is InChI=1S/C24H20F3N3O6/c1-14(10-11-30-22(31)29-23(32)36-30)17-4-3-5-19(12-17)33-13-20-15(2)34-21(28-20)16-6-8-18(9-7-16)35-24(25,26)27/h3-10,12H,11,13H2,1-2H3,(H,29,31,32)/b14-10+. The topological polar surface area (TPSA) is 112 Å². The van der Waals surface area contributed by atoms with Crippen molar-refractivity contribution >= 4 is 5.57 Å². The summed E-state index contributed by atoms with van der Waals surface area (Å²) in [7, 11) is 0. The van der Waals surface area contributed by atoms with Gasteiger partial charge in [-0.25, -0.2) is 19.6 Å². The Morgan fingerprint density at radius 2 is 1.89 bits per heavy atom. The van der Waals surface area contributed by atoms with Crippen molar-refractivity contribution in [2.75, 3.05) is 0 Å². The summed E-state index contributed by atoms with van der Waals surface area (Å²) in [6.07, 6.45) is -3.03. The average molecular weight is 503 g/mol. The smallest absolute Gasteiger partial charge is 0.487 e. The van der Waals surface area contributed by atoms with Gasteiger partial charge < -0.3 is 18.4 Å². The highest BCUT2D eigenvalue weighted by molar-refractivity contribution is 5.64. The van der Waals surface area contributed by atoms with Gasteiger partial charge in [0.1, 0.15) is 29.6 Å². The Balaban J connectivity index is 1.42. The summed E-state index contributed by atoms with van der Waals surface area (Å²) in [5, 5.41) is 0. The predicted octanol–water partition coefficient (Wildman–Crippen LogP) is 4.67. The highest BCUT2D eigenvalue weighted by Gasteiger charge is 2.31. The lowest BCUT2D eigenvalue weighted by Gasteiger charge is -2.08. The molecule has 2 aromatic heterocycles. The van der Waals surface area contributed by atoms with E-state index in [0.717, 1.165) is 15.9 Å². The molecule has 0 aliphatic carbocycles. The van der Waals surface area contributed by atoms with E-state index < -0.39 is 17.8 Å². The van der Waals surface area contributed by atoms with E-state index in [1.807, 2.05) is 18.0 Å². The molecule has 0 saturated carbocycles. The van der Waals surface area contributed by atoms with E-state index in [1.54, 1.807) is 31.2 Å². The van der Waals surface area contributed by atoms with Crippen LogP contribution in [0.25, 0.3) is 17.0 Å². The maximum atomic E-state index is 12.3. The van der Waals surface area contributed by atoms with Crippen molar-refractivity contribution < 1.29 is 31.6 Å². The number of benzene rings is 2. The summed E-state index contributed by atoms with van der Waals surface area (Å²) in [6.45, 7) is 3.73. The van der Waals surface area contributed by atoms with Crippen LogP contribution in [-0.4, -0.2) is 21.1 Å². The molecule has 0 saturated heterocycles. The Labute approximate surface area is 201 Å². The molecule has 4 rings (SSSR count). The van der Waals surface area contributed by atoms with Gasteiger partial charge in [-0.3, -0.25) is 0 Å².